The number of carbonyl (C=O) groups excluding carboxylic acids is 1. The van der Waals surface area contributed by atoms with Gasteiger partial charge in [-0.05, 0) is 73.5 Å². The molecule has 0 atom stereocenters. The first-order valence-corrected chi connectivity index (χ1v) is 14.0. The molecule has 39 heavy (non-hydrogen) atoms. The number of sulfonamides is 1. The fourth-order valence-corrected chi connectivity index (χ4v) is 5.57. The topological polar surface area (TPSA) is 88.1 Å². The molecule has 0 spiro atoms. The summed E-state index contributed by atoms with van der Waals surface area (Å²) in [4.78, 5) is 12.9. The van der Waals surface area contributed by atoms with Crippen molar-refractivity contribution in [3.63, 3.8) is 0 Å². The largest absolute Gasteiger partial charge is 0.489 e. The second kappa shape index (κ2) is 12.6. The summed E-state index contributed by atoms with van der Waals surface area (Å²) < 4.78 is 33.9. The lowest BCUT2D eigenvalue weighted by molar-refractivity contribution is -0.119. The van der Waals surface area contributed by atoms with E-state index in [1.807, 2.05) is 50.2 Å². The van der Waals surface area contributed by atoms with Crippen LogP contribution in [0.3, 0.4) is 0 Å². The summed E-state index contributed by atoms with van der Waals surface area (Å²) in [5.41, 5.74) is 6.20. The summed E-state index contributed by atoms with van der Waals surface area (Å²) in [6.45, 7) is 3.64. The monoisotopic (exact) mass is 561 g/mol. The van der Waals surface area contributed by atoms with Gasteiger partial charge in [0.25, 0.3) is 15.9 Å². The first-order valence-electron chi connectivity index (χ1n) is 12.2. The summed E-state index contributed by atoms with van der Waals surface area (Å²) in [6, 6.07) is 28.1. The first kappa shape index (κ1) is 27.9. The van der Waals surface area contributed by atoms with E-state index < -0.39 is 22.5 Å². The highest BCUT2D eigenvalue weighted by Gasteiger charge is 2.28. The van der Waals surface area contributed by atoms with Gasteiger partial charge in [-0.25, -0.2) is 13.8 Å². The van der Waals surface area contributed by atoms with Gasteiger partial charge in [0.1, 0.15) is 18.9 Å². The number of nitrogens with zero attached hydrogens (tertiary/aromatic N) is 2. The number of halogens is 1. The van der Waals surface area contributed by atoms with Crippen molar-refractivity contribution in [1.82, 2.24) is 5.43 Å². The van der Waals surface area contributed by atoms with E-state index in [2.05, 4.69) is 10.5 Å². The van der Waals surface area contributed by atoms with Gasteiger partial charge in [-0.15, -0.1) is 0 Å². The Morgan fingerprint density at radius 2 is 1.64 bits per heavy atom. The maximum Gasteiger partial charge on any atom is 0.264 e. The molecule has 4 rings (SSSR count). The molecule has 4 aromatic carbocycles. The van der Waals surface area contributed by atoms with Crippen molar-refractivity contribution in [3.8, 4) is 5.75 Å². The molecule has 0 bridgehead atoms. The van der Waals surface area contributed by atoms with Crippen LogP contribution in [0.5, 0.6) is 5.75 Å². The summed E-state index contributed by atoms with van der Waals surface area (Å²) in [7, 11) is -4.00. The Balaban J connectivity index is 1.42. The highest BCUT2D eigenvalue weighted by atomic mass is 35.5. The quantitative estimate of drug-likeness (QED) is 0.193. The smallest absolute Gasteiger partial charge is 0.264 e. The Labute approximate surface area is 233 Å². The molecule has 9 heteroatoms. The van der Waals surface area contributed by atoms with Crippen molar-refractivity contribution in [2.75, 3.05) is 10.8 Å². The van der Waals surface area contributed by atoms with E-state index in [-0.39, 0.29) is 4.90 Å². The van der Waals surface area contributed by atoms with E-state index in [0.717, 1.165) is 26.6 Å². The zero-order valence-corrected chi connectivity index (χ0v) is 23.1. The maximum absolute atomic E-state index is 13.5. The van der Waals surface area contributed by atoms with Crippen LogP contribution >= 0.6 is 11.6 Å². The molecule has 200 valence electrons. The molecule has 0 fully saturated rings. The van der Waals surface area contributed by atoms with E-state index in [9.17, 15) is 13.2 Å². The molecular formula is C30H28ClN3O4S. The van der Waals surface area contributed by atoms with Crippen LogP contribution < -0.4 is 14.5 Å². The van der Waals surface area contributed by atoms with Crippen molar-refractivity contribution >= 4 is 39.4 Å². The minimum absolute atomic E-state index is 0.0955. The molecule has 0 unspecified atom stereocenters. The van der Waals surface area contributed by atoms with Gasteiger partial charge in [0, 0.05) is 10.6 Å². The van der Waals surface area contributed by atoms with Crippen LogP contribution in [0.15, 0.2) is 107 Å². The average Bonchev–Trinajstić information content (AvgIpc) is 2.93. The standard InChI is InChI=1S/C30H28ClN3O4S/c1-22-12-17-29(23(2)18-22)34(39(36,37)27-9-4-3-5-10-27)20-30(35)33-32-19-24-13-15-26(16-14-24)38-21-25-8-6-7-11-28(25)31/h3-19H,20-21H2,1-2H3,(H,33,35)/b32-19-. The van der Waals surface area contributed by atoms with Crippen LogP contribution in [-0.2, 0) is 21.4 Å². The Kier molecular flexibility index (Phi) is 9.01. The van der Waals surface area contributed by atoms with Crippen molar-refractivity contribution in [1.29, 1.82) is 0 Å². The fourth-order valence-electron chi connectivity index (χ4n) is 3.88. The van der Waals surface area contributed by atoms with Gasteiger partial charge in [0.05, 0.1) is 16.8 Å². The Morgan fingerprint density at radius 1 is 0.949 bits per heavy atom. The number of carbonyl (C=O) groups is 1. The number of hydrogen-bond donors (Lipinski definition) is 1. The molecule has 0 aliphatic rings. The van der Waals surface area contributed by atoms with Crippen LogP contribution in [0.4, 0.5) is 5.69 Å². The molecule has 1 N–H and O–H groups in total. The summed E-state index contributed by atoms with van der Waals surface area (Å²) in [5, 5.41) is 4.65. The van der Waals surface area contributed by atoms with Gasteiger partial charge < -0.3 is 4.74 Å². The summed E-state index contributed by atoms with van der Waals surface area (Å²) in [6.07, 6.45) is 1.48. The van der Waals surface area contributed by atoms with Crippen molar-refractivity contribution in [2.45, 2.75) is 25.3 Å². The van der Waals surface area contributed by atoms with Gasteiger partial charge in [0.2, 0.25) is 0 Å². The molecule has 0 aliphatic heterocycles. The van der Waals surface area contributed by atoms with E-state index >= 15 is 0 Å². The molecule has 0 aliphatic carbocycles. The van der Waals surface area contributed by atoms with Gasteiger partial charge in [-0.3, -0.25) is 9.10 Å². The Hall–Kier alpha value is -4.14. The molecule has 0 saturated heterocycles. The van der Waals surface area contributed by atoms with Gasteiger partial charge in [-0.2, -0.15) is 5.10 Å². The SMILES string of the molecule is Cc1ccc(N(CC(=O)N/N=C\c2ccc(OCc3ccccc3Cl)cc2)S(=O)(=O)c2ccccc2)c(C)c1. The second-order valence-electron chi connectivity index (χ2n) is 8.86. The predicted octanol–water partition coefficient (Wildman–Crippen LogP) is 5.88. The zero-order valence-electron chi connectivity index (χ0n) is 21.5. The third-order valence-electron chi connectivity index (χ3n) is 5.87. The number of aryl methyl sites for hydroxylation is 2. The highest BCUT2D eigenvalue weighted by molar-refractivity contribution is 7.92. The fraction of sp³-hybridized carbons (Fsp3) is 0.133. The second-order valence-corrected chi connectivity index (χ2v) is 11.1. The zero-order chi connectivity index (χ0) is 27.8. The lowest BCUT2D eigenvalue weighted by Gasteiger charge is -2.25. The average molecular weight is 562 g/mol. The van der Waals surface area contributed by atoms with Crippen LogP contribution in [0.1, 0.15) is 22.3 Å². The Morgan fingerprint density at radius 3 is 2.33 bits per heavy atom. The molecule has 7 nitrogen and oxygen atoms in total. The summed E-state index contributed by atoms with van der Waals surface area (Å²) >= 11 is 6.17. The lowest BCUT2D eigenvalue weighted by Crippen LogP contribution is -2.40. The first-order chi connectivity index (χ1) is 18.7. The Bertz CT molecular complexity index is 1570. The van der Waals surface area contributed by atoms with E-state index in [1.165, 1.54) is 18.3 Å². The number of amides is 1. The number of hydrogen-bond acceptors (Lipinski definition) is 5. The summed E-state index contributed by atoms with van der Waals surface area (Å²) in [5.74, 6) is 0.0803. The molecule has 0 saturated carbocycles. The molecule has 0 aromatic heterocycles. The molecule has 1 amide bonds. The number of ether oxygens (including phenoxy) is 1. The number of benzene rings is 4. The van der Waals surface area contributed by atoms with E-state index in [0.29, 0.717) is 23.1 Å². The lowest BCUT2D eigenvalue weighted by atomic mass is 10.1. The molecule has 0 radical (unpaired) electrons. The van der Waals surface area contributed by atoms with Crippen molar-refractivity contribution < 1.29 is 17.9 Å². The molecule has 4 aromatic rings. The maximum atomic E-state index is 13.5. The van der Waals surface area contributed by atoms with Crippen LogP contribution in [0.25, 0.3) is 0 Å². The van der Waals surface area contributed by atoms with Crippen molar-refractivity contribution in [3.05, 3.63) is 124 Å². The number of rotatable bonds is 10. The van der Waals surface area contributed by atoms with E-state index in [4.69, 9.17) is 16.3 Å². The minimum Gasteiger partial charge on any atom is -0.489 e. The highest BCUT2D eigenvalue weighted by Crippen LogP contribution is 2.27. The molecular weight excluding hydrogens is 534 g/mol. The van der Waals surface area contributed by atoms with Crippen LogP contribution in [0, 0.1) is 13.8 Å². The van der Waals surface area contributed by atoms with E-state index in [1.54, 1.807) is 48.5 Å². The number of nitrogens with one attached hydrogen (secondary N) is 1. The van der Waals surface area contributed by atoms with Gasteiger partial charge in [0.15, 0.2) is 0 Å². The van der Waals surface area contributed by atoms with Gasteiger partial charge >= 0.3 is 0 Å². The minimum atomic E-state index is -4.00. The number of anilines is 1. The normalized spacial score (nSPS) is 11.4. The number of hydrazone groups is 1. The van der Waals surface area contributed by atoms with Crippen molar-refractivity contribution in [2.24, 2.45) is 5.10 Å². The van der Waals surface area contributed by atoms with Gasteiger partial charge in [-0.1, -0.05) is 65.7 Å². The molecule has 0 heterocycles. The van der Waals surface area contributed by atoms with Crippen LogP contribution in [0.2, 0.25) is 5.02 Å². The third-order valence-corrected chi connectivity index (χ3v) is 8.02. The predicted molar refractivity (Wildman–Crippen MR) is 155 cm³/mol. The van der Waals surface area contributed by atoms with Crippen LogP contribution in [-0.4, -0.2) is 27.1 Å². The third kappa shape index (κ3) is 7.25.